The van der Waals surface area contributed by atoms with E-state index in [-0.39, 0.29) is 11.9 Å². The van der Waals surface area contributed by atoms with Crippen molar-refractivity contribution in [2.75, 3.05) is 27.2 Å². The van der Waals surface area contributed by atoms with Gasteiger partial charge in [-0.2, -0.15) is 0 Å². The number of urea groups is 1. The second kappa shape index (κ2) is 9.60. The Labute approximate surface area is 127 Å². The zero-order chi connectivity index (χ0) is 15.7. The fraction of sp³-hybridized carbons (Fsp3) is 0.867. The van der Waals surface area contributed by atoms with Crippen LogP contribution in [0.15, 0.2) is 0 Å². The average molecular weight is 299 g/mol. The summed E-state index contributed by atoms with van der Waals surface area (Å²) in [5, 5.41) is 14.7. The predicted octanol–water partition coefficient (Wildman–Crippen LogP) is 1.66. The highest BCUT2D eigenvalue weighted by Gasteiger charge is 2.30. The van der Waals surface area contributed by atoms with Crippen molar-refractivity contribution in [1.82, 2.24) is 15.5 Å². The van der Waals surface area contributed by atoms with Crippen molar-refractivity contribution in [3.8, 4) is 0 Å². The van der Waals surface area contributed by atoms with Gasteiger partial charge < -0.3 is 20.6 Å². The first-order chi connectivity index (χ1) is 10.0. The van der Waals surface area contributed by atoms with Crippen molar-refractivity contribution in [3.63, 3.8) is 0 Å². The van der Waals surface area contributed by atoms with Crippen molar-refractivity contribution >= 4 is 12.0 Å². The summed E-state index contributed by atoms with van der Waals surface area (Å²) in [4.78, 5) is 25.2. The third-order valence-corrected chi connectivity index (χ3v) is 3.99. The third-order valence-electron chi connectivity index (χ3n) is 3.99. The van der Waals surface area contributed by atoms with Gasteiger partial charge in [-0.3, -0.25) is 0 Å². The van der Waals surface area contributed by atoms with Crippen LogP contribution in [0.5, 0.6) is 0 Å². The molecule has 2 amide bonds. The summed E-state index contributed by atoms with van der Waals surface area (Å²) in [5.74, 6) is -0.861. The highest BCUT2D eigenvalue weighted by Crippen LogP contribution is 2.26. The minimum absolute atomic E-state index is 0.0655. The number of carbonyl (C=O) groups excluding carboxylic acids is 1. The maximum absolute atomic E-state index is 11.8. The van der Waals surface area contributed by atoms with E-state index < -0.39 is 12.0 Å². The van der Waals surface area contributed by atoms with Crippen LogP contribution in [0.4, 0.5) is 4.79 Å². The largest absolute Gasteiger partial charge is 0.480 e. The van der Waals surface area contributed by atoms with E-state index in [0.717, 1.165) is 45.1 Å². The first-order valence-corrected chi connectivity index (χ1v) is 7.92. The molecule has 0 heterocycles. The fourth-order valence-corrected chi connectivity index (χ4v) is 2.80. The molecule has 1 aliphatic carbocycles. The normalized spacial score (nSPS) is 17.5. The van der Waals surface area contributed by atoms with Crippen LogP contribution >= 0.6 is 0 Å². The summed E-state index contributed by atoms with van der Waals surface area (Å²) in [6, 6.07) is -1.12. The van der Waals surface area contributed by atoms with Crippen molar-refractivity contribution < 1.29 is 14.7 Å². The minimum Gasteiger partial charge on any atom is -0.480 e. The first kappa shape index (κ1) is 17.8. The van der Waals surface area contributed by atoms with E-state index in [9.17, 15) is 14.7 Å². The number of carboxylic acid groups (broad SMARTS) is 1. The number of carboxylic acids is 1. The Morgan fingerprint density at radius 2 is 1.86 bits per heavy atom. The van der Waals surface area contributed by atoms with Crippen molar-refractivity contribution in [1.29, 1.82) is 0 Å². The molecule has 122 valence electrons. The molecule has 0 aliphatic heterocycles. The van der Waals surface area contributed by atoms with Crippen molar-refractivity contribution in [2.45, 2.75) is 51.0 Å². The smallest absolute Gasteiger partial charge is 0.326 e. The number of carbonyl (C=O) groups is 2. The molecule has 0 aromatic carbocycles. The van der Waals surface area contributed by atoms with Crippen LogP contribution in [-0.2, 0) is 4.79 Å². The quantitative estimate of drug-likeness (QED) is 0.595. The Morgan fingerprint density at radius 3 is 2.43 bits per heavy atom. The Bertz CT molecular complexity index is 328. The molecule has 21 heavy (non-hydrogen) atoms. The van der Waals surface area contributed by atoms with Crippen molar-refractivity contribution in [3.05, 3.63) is 0 Å². The van der Waals surface area contributed by atoms with Gasteiger partial charge in [-0.1, -0.05) is 19.3 Å². The van der Waals surface area contributed by atoms with Gasteiger partial charge in [0.1, 0.15) is 6.04 Å². The number of nitrogens with one attached hydrogen (secondary N) is 2. The van der Waals surface area contributed by atoms with Gasteiger partial charge in [0.15, 0.2) is 0 Å². The van der Waals surface area contributed by atoms with Gasteiger partial charge in [0.25, 0.3) is 0 Å². The number of unbranched alkanes of at least 4 members (excludes halogenated alkanes) is 1. The van der Waals surface area contributed by atoms with E-state index in [2.05, 4.69) is 15.5 Å². The Morgan fingerprint density at radius 1 is 1.19 bits per heavy atom. The molecule has 0 radical (unpaired) electrons. The second-order valence-corrected chi connectivity index (χ2v) is 6.12. The van der Waals surface area contributed by atoms with Crippen molar-refractivity contribution in [2.24, 2.45) is 5.92 Å². The molecule has 6 nitrogen and oxygen atoms in total. The van der Waals surface area contributed by atoms with E-state index in [4.69, 9.17) is 0 Å². The van der Waals surface area contributed by atoms with E-state index in [1.54, 1.807) is 0 Å². The summed E-state index contributed by atoms with van der Waals surface area (Å²) in [6.07, 6.45) is 6.97. The molecule has 1 unspecified atom stereocenters. The molecule has 1 atom stereocenters. The molecule has 1 fully saturated rings. The van der Waals surface area contributed by atoms with Crippen LogP contribution in [-0.4, -0.2) is 55.2 Å². The molecule has 0 saturated heterocycles. The summed E-state index contributed by atoms with van der Waals surface area (Å²) in [7, 11) is 4.03. The predicted molar refractivity (Wildman–Crippen MR) is 82.3 cm³/mol. The summed E-state index contributed by atoms with van der Waals surface area (Å²) in [6.45, 7) is 1.57. The minimum atomic E-state index is -0.926. The Hall–Kier alpha value is -1.30. The molecule has 0 aromatic rings. The van der Waals surface area contributed by atoms with Crippen LogP contribution in [0, 0.1) is 5.92 Å². The number of nitrogens with zero attached hydrogens (tertiary/aromatic N) is 1. The summed E-state index contributed by atoms with van der Waals surface area (Å²) >= 11 is 0. The van der Waals surface area contributed by atoms with Gasteiger partial charge >= 0.3 is 12.0 Å². The number of amides is 2. The van der Waals surface area contributed by atoms with Crippen LogP contribution in [0.3, 0.4) is 0 Å². The molecule has 1 rings (SSSR count). The van der Waals surface area contributed by atoms with Gasteiger partial charge in [0.05, 0.1) is 0 Å². The van der Waals surface area contributed by atoms with E-state index in [1.165, 1.54) is 6.42 Å². The lowest BCUT2D eigenvalue weighted by Crippen LogP contribution is -2.50. The molecule has 3 N–H and O–H groups in total. The van der Waals surface area contributed by atoms with Crippen LogP contribution < -0.4 is 10.6 Å². The Kier molecular flexibility index (Phi) is 8.12. The lowest BCUT2D eigenvalue weighted by Gasteiger charge is -2.28. The van der Waals surface area contributed by atoms with Crippen LogP contribution in [0.25, 0.3) is 0 Å². The SMILES string of the molecule is CN(C)CCCCNC(=O)NC(C(=O)O)C1CCCCC1. The third kappa shape index (κ3) is 7.32. The molecule has 1 saturated carbocycles. The number of hydrogen-bond donors (Lipinski definition) is 3. The molecule has 0 aromatic heterocycles. The zero-order valence-electron chi connectivity index (χ0n) is 13.2. The topological polar surface area (TPSA) is 81.7 Å². The van der Waals surface area contributed by atoms with Crippen LogP contribution in [0.2, 0.25) is 0 Å². The maximum atomic E-state index is 11.8. The van der Waals surface area contributed by atoms with E-state index in [1.807, 2.05) is 14.1 Å². The molecule has 6 heteroatoms. The first-order valence-electron chi connectivity index (χ1n) is 7.92. The lowest BCUT2D eigenvalue weighted by atomic mass is 9.84. The van der Waals surface area contributed by atoms with E-state index in [0.29, 0.717) is 6.54 Å². The maximum Gasteiger partial charge on any atom is 0.326 e. The standard InChI is InChI=1S/C15H29N3O3/c1-18(2)11-7-6-10-16-15(21)17-13(14(19)20)12-8-4-3-5-9-12/h12-13H,3-11H2,1-2H3,(H,19,20)(H2,16,17,21). The van der Waals surface area contributed by atoms with Gasteiger partial charge in [-0.15, -0.1) is 0 Å². The lowest BCUT2D eigenvalue weighted by molar-refractivity contribution is -0.141. The van der Waals surface area contributed by atoms with Gasteiger partial charge in [0.2, 0.25) is 0 Å². The molecule has 0 bridgehead atoms. The van der Waals surface area contributed by atoms with Gasteiger partial charge in [0, 0.05) is 6.54 Å². The average Bonchev–Trinajstić information content (AvgIpc) is 2.44. The molecule has 0 spiro atoms. The van der Waals surface area contributed by atoms with E-state index >= 15 is 0 Å². The second-order valence-electron chi connectivity index (χ2n) is 6.12. The highest BCUT2D eigenvalue weighted by atomic mass is 16.4. The molecular formula is C15H29N3O3. The number of hydrogen-bond acceptors (Lipinski definition) is 3. The fourth-order valence-electron chi connectivity index (χ4n) is 2.80. The van der Waals surface area contributed by atoms with Crippen LogP contribution in [0.1, 0.15) is 44.9 Å². The monoisotopic (exact) mass is 299 g/mol. The van der Waals surface area contributed by atoms with Gasteiger partial charge in [-0.05, 0) is 52.2 Å². The summed E-state index contributed by atoms with van der Waals surface area (Å²) < 4.78 is 0. The number of rotatable bonds is 8. The molecular weight excluding hydrogens is 270 g/mol. The highest BCUT2D eigenvalue weighted by molar-refractivity contribution is 5.82. The Balaban J connectivity index is 2.27. The van der Waals surface area contributed by atoms with Gasteiger partial charge in [-0.25, -0.2) is 9.59 Å². The summed E-state index contributed by atoms with van der Waals surface area (Å²) in [5.41, 5.74) is 0. The zero-order valence-corrected chi connectivity index (χ0v) is 13.2. The number of aliphatic carboxylic acids is 1. The molecule has 1 aliphatic rings.